The van der Waals surface area contributed by atoms with E-state index in [4.69, 9.17) is 19.1 Å². The number of carbonyl (C=O) groups excluding carboxylic acids is 1. The third-order valence-electron chi connectivity index (χ3n) is 4.56. The van der Waals surface area contributed by atoms with Crippen molar-refractivity contribution in [1.82, 2.24) is 14.9 Å². The van der Waals surface area contributed by atoms with Crippen LogP contribution in [0.2, 0.25) is 0 Å². The molecule has 7 heteroatoms. The van der Waals surface area contributed by atoms with Gasteiger partial charge in [0.1, 0.15) is 29.5 Å². The summed E-state index contributed by atoms with van der Waals surface area (Å²) in [6.45, 7) is 1.82. The van der Waals surface area contributed by atoms with Crippen LogP contribution in [0.25, 0.3) is 23.0 Å². The largest absolute Gasteiger partial charge is 0.496 e. The van der Waals surface area contributed by atoms with Crippen LogP contribution in [0.3, 0.4) is 0 Å². The number of hydrogen-bond donors (Lipinski definition) is 0. The molecule has 0 N–H and O–H groups in total. The summed E-state index contributed by atoms with van der Waals surface area (Å²) in [6, 6.07) is 19.1. The topological polar surface area (TPSA) is 79.4 Å². The smallest absolute Gasteiger partial charge is 0.331 e. The van der Waals surface area contributed by atoms with Gasteiger partial charge in [0, 0.05) is 29.5 Å². The highest BCUT2D eigenvalue weighted by atomic mass is 16.5. The summed E-state index contributed by atoms with van der Waals surface area (Å²) in [4.78, 5) is 12.2. The van der Waals surface area contributed by atoms with E-state index in [9.17, 15) is 4.79 Å². The quantitative estimate of drug-likeness (QED) is 0.324. The molecule has 0 fully saturated rings. The molecule has 0 atom stereocenters. The third-order valence-corrected chi connectivity index (χ3v) is 4.56. The summed E-state index contributed by atoms with van der Waals surface area (Å²) in [5.74, 6) is 0.870. The van der Waals surface area contributed by atoms with Gasteiger partial charge in [-0.05, 0) is 37.3 Å². The highest BCUT2D eigenvalue weighted by Crippen LogP contribution is 2.32. The molecule has 0 spiro atoms. The first kappa shape index (κ1) is 20.2. The molecule has 31 heavy (non-hydrogen) atoms. The van der Waals surface area contributed by atoms with E-state index in [1.165, 1.54) is 6.08 Å². The van der Waals surface area contributed by atoms with Crippen molar-refractivity contribution >= 4 is 12.0 Å². The second-order valence-corrected chi connectivity index (χ2v) is 6.78. The second kappa shape index (κ2) is 9.13. The second-order valence-electron chi connectivity index (χ2n) is 6.78. The fourth-order valence-electron chi connectivity index (χ4n) is 3.11. The standard InChI is InChI=1S/C24H21N3O4/c1-17-14-19(26-31-17)16-30-23(28)13-12-18-15-27(20-8-4-3-5-9-20)25-24(18)21-10-6-7-11-22(21)29-2/h3-15H,16H2,1-2H3/b13-12+. The normalized spacial score (nSPS) is 11.0. The van der Waals surface area contributed by atoms with Crippen molar-refractivity contribution in [3.05, 3.63) is 90.0 Å². The highest BCUT2D eigenvalue weighted by Gasteiger charge is 2.15. The molecule has 0 saturated heterocycles. The Labute approximate surface area is 179 Å². The Morgan fingerprint density at radius 3 is 2.65 bits per heavy atom. The van der Waals surface area contributed by atoms with Gasteiger partial charge in [-0.15, -0.1) is 0 Å². The first-order chi connectivity index (χ1) is 15.1. The molecule has 0 saturated carbocycles. The van der Waals surface area contributed by atoms with Crippen molar-refractivity contribution in [3.8, 4) is 22.7 Å². The van der Waals surface area contributed by atoms with Gasteiger partial charge in [-0.3, -0.25) is 0 Å². The van der Waals surface area contributed by atoms with E-state index >= 15 is 0 Å². The van der Waals surface area contributed by atoms with Crippen molar-refractivity contribution in [2.75, 3.05) is 7.11 Å². The minimum absolute atomic E-state index is 0.0448. The van der Waals surface area contributed by atoms with Gasteiger partial charge in [-0.1, -0.05) is 35.5 Å². The number of aromatic nitrogens is 3. The van der Waals surface area contributed by atoms with Crippen LogP contribution in [-0.2, 0) is 16.1 Å². The lowest BCUT2D eigenvalue weighted by molar-refractivity contribution is -0.139. The summed E-state index contributed by atoms with van der Waals surface area (Å²) >= 11 is 0. The zero-order valence-corrected chi connectivity index (χ0v) is 17.2. The van der Waals surface area contributed by atoms with Gasteiger partial charge in [0.2, 0.25) is 0 Å². The van der Waals surface area contributed by atoms with Crippen molar-refractivity contribution in [3.63, 3.8) is 0 Å². The number of hydrogen-bond acceptors (Lipinski definition) is 6. The zero-order chi connectivity index (χ0) is 21.6. The molecule has 0 aliphatic heterocycles. The molecule has 4 rings (SSSR count). The zero-order valence-electron chi connectivity index (χ0n) is 17.2. The monoisotopic (exact) mass is 415 g/mol. The van der Waals surface area contributed by atoms with Gasteiger partial charge in [-0.2, -0.15) is 5.10 Å². The van der Waals surface area contributed by atoms with Crippen molar-refractivity contribution in [2.24, 2.45) is 0 Å². The Balaban J connectivity index is 1.62. The Bertz CT molecular complexity index is 1210. The third kappa shape index (κ3) is 4.72. The molecule has 0 aliphatic carbocycles. The predicted octanol–water partition coefficient (Wildman–Crippen LogP) is 4.60. The van der Waals surface area contributed by atoms with Crippen molar-refractivity contribution < 1.29 is 18.8 Å². The molecule has 0 radical (unpaired) electrons. The number of para-hydroxylation sites is 2. The van der Waals surface area contributed by atoms with Crippen LogP contribution in [0.15, 0.2) is 77.5 Å². The molecule has 2 heterocycles. The molecule has 7 nitrogen and oxygen atoms in total. The number of esters is 1. The van der Waals surface area contributed by atoms with E-state index < -0.39 is 5.97 Å². The van der Waals surface area contributed by atoms with Gasteiger partial charge in [0.05, 0.1) is 12.8 Å². The minimum Gasteiger partial charge on any atom is -0.496 e. The lowest BCUT2D eigenvalue weighted by Gasteiger charge is -2.06. The van der Waals surface area contributed by atoms with E-state index in [1.54, 1.807) is 30.9 Å². The van der Waals surface area contributed by atoms with E-state index in [1.807, 2.05) is 60.8 Å². The summed E-state index contributed by atoms with van der Waals surface area (Å²) in [7, 11) is 1.62. The number of ether oxygens (including phenoxy) is 2. The number of carbonyl (C=O) groups is 1. The molecule has 0 unspecified atom stereocenters. The van der Waals surface area contributed by atoms with Crippen LogP contribution < -0.4 is 4.74 Å². The Hall–Kier alpha value is -4.13. The number of benzene rings is 2. The number of nitrogens with zero attached hydrogens (tertiary/aromatic N) is 3. The molecule has 156 valence electrons. The molecular formula is C24H21N3O4. The molecule has 2 aromatic heterocycles. The number of aryl methyl sites for hydroxylation is 1. The van der Waals surface area contributed by atoms with Gasteiger partial charge >= 0.3 is 5.97 Å². The van der Waals surface area contributed by atoms with Crippen LogP contribution in [0, 0.1) is 6.92 Å². The maximum Gasteiger partial charge on any atom is 0.331 e. The fourth-order valence-corrected chi connectivity index (χ4v) is 3.11. The predicted molar refractivity (Wildman–Crippen MR) is 116 cm³/mol. The molecule has 0 bridgehead atoms. The van der Waals surface area contributed by atoms with Crippen molar-refractivity contribution in [1.29, 1.82) is 0 Å². The van der Waals surface area contributed by atoms with Gasteiger partial charge in [-0.25, -0.2) is 9.48 Å². The maximum absolute atomic E-state index is 12.2. The first-order valence-corrected chi connectivity index (χ1v) is 9.69. The molecule has 4 aromatic rings. The average Bonchev–Trinajstić information content (AvgIpc) is 3.43. The van der Waals surface area contributed by atoms with Crippen LogP contribution in [0.1, 0.15) is 17.0 Å². The Morgan fingerprint density at radius 1 is 1.13 bits per heavy atom. The SMILES string of the molecule is COc1ccccc1-c1nn(-c2ccccc2)cc1/C=C/C(=O)OCc1cc(C)on1. The minimum atomic E-state index is -0.487. The number of rotatable bonds is 7. The lowest BCUT2D eigenvalue weighted by atomic mass is 10.1. The molecular weight excluding hydrogens is 394 g/mol. The Morgan fingerprint density at radius 2 is 1.90 bits per heavy atom. The van der Waals surface area contributed by atoms with E-state index in [2.05, 4.69) is 5.16 Å². The Kier molecular flexibility index (Phi) is 5.93. The maximum atomic E-state index is 12.2. The molecule has 0 amide bonds. The van der Waals surface area contributed by atoms with Gasteiger partial charge < -0.3 is 14.0 Å². The van der Waals surface area contributed by atoms with E-state index in [-0.39, 0.29) is 6.61 Å². The molecule has 2 aromatic carbocycles. The summed E-state index contributed by atoms with van der Waals surface area (Å²) in [6.07, 6.45) is 4.92. The first-order valence-electron chi connectivity index (χ1n) is 9.69. The molecule has 0 aliphatic rings. The van der Waals surface area contributed by atoms with Crippen molar-refractivity contribution in [2.45, 2.75) is 13.5 Å². The number of methoxy groups -OCH3 is 1. The van der Waals surface area contributed by atoms with E-state index in [0.717, 1.165) is 16.8 Å². The highest BCUT2D eigenvalue weighted by molar-refractivity contribution is 5.89. The summed E-state index contributed by atoms with van der Waals surface area (Å²) in [5, 5.41) is 8.56. The summed E-state index contributed by atoms with van der Waals surface area (Å²) < 4.78 is 17.5. The lowest BCUT2D eigenvalue weighted by Crippen LogP contribution is -2.00. The van der Waals surface area contributed by atoms with Crippen LogP contribution >= 0.6 is 0 Å². The van der Waals surface area contributed by atoms with Gasteiger partial charge in [0.15, 0.2) is 0 Å². The van der Waals surface area contributed by atoms with Crippen LogP contribution in [0.5, 0.6) is 5.75 Å². The average molecular weight is 415 g/mol. The van der Waals surface area contributed by atoms with Crippen LogP contribution in [-0.4, -0.2) is 28.0 Å². The fraction of sp³-hybridized carbons (Fsp3) is 0.125. The van der Waals surface area contributed by atoms with Crippen LogP contribution in [0.4, 0.5) is 0 Å². The van der Waals surface area contributed by atoms with Gasteiger partial charge in [0.25, 0.3) is 0 Å². The summed E-state index contributed by atoms with van der Waals surface area (Å²) in [5.41, 5.74) is 3.74. The van der Waals surface area contributed by atoms with E-state index in [0.29, 0.717) is 22.9 Å².